The van der Waals surface area contributed by atoms with Crippen LogP contribution < -0.4 is 9.62 Å². The van der Waals surface area contributed by atoms with Gasteiger partial charge in [-0.15, -0.1) is 0 Å². The van der Waals surface area contributed by atoms with Crippen LogP contribution in [0.1, 0.15) is 61.0 Å². The number of hydrogen-bond donors (Lipinski definition) is 1. The van der Waals surface area contributed by atoms with E-state index in [2.05, 4.69) is 19.2 Å². The van der Waals surface area contributed by atoms with Crippen LogP contribution in [0.25, 0.3) is 0 Å². The van der Waals surface area contributed by atoms with Gasteiger partial charge in [0.2, 0.25) is 10.0 Å². The first-order chi connectivity index (χ1) is 14.2. The van der Waals surface area contributed by atoms with Crippen molar-refractivity contribution in [3.63, 3.8) is 0 Å². The van der Waals surface area contributed by atoms with Gasteiger partial charge >= 0.3 is 0 Å². The molecule has 0 fully saturated rings. The second-order valence-corrected chi connectivity index (χ2v) is 9.84. The van der Waals surface area contributed by atoms with Crippen LogP contribution >= 0.6 is 0 Å². The second kappa shape index (κ2) is 11.2. The van der Waals surface area contributed by atoms with Crippen molar-refractivity contribution in [2.75, 3.05) is 17.1 Å². The van der Waals surface area contributed by atoms with E-state index in [0.29, 0.717) is 23.7 Å². The SMILES string of the molecule is CCCC[C@@H](CC)CNC(=O)c1ccc(CN(c2ccc(C)cc2)S(C)(=O)=O)cc1. The van der Waals surface area contributed by atoms with Crippen LogP contribution in [0, 0.1) is 12.8 Å². The molecule has 2 aromatic rings. The summed E-state index contributed by atoms with van der Waals surface area (Å²) in [5.41, 5.74) is 3.11. The van der Waals surface area contributed by atoms with Gasteiger partial charge in [0.1, 0.15) is 0 Å². The normalized spacial score (nSPS) is 12.4. The van der Waals surface area contributed by atoms with Crippen LogP contribution in [0.4, 0.5) is 5.69 Å². The Labute approximate surface area is 181 Å². The monoisotopic (exact) mass is 430 g/mol. The second-order valence-electron chi connectivity index (χ2n) is 7.93. The van der Waals surface area contributed by atoms with Crippen molar-refractivity contribution in [2.45, 2.75) is 53.0 Å². The maximum Gasteiger partial charge on any atom is 0.251 e. The molecule has 0 aliphatic heterocycles. The van der Waals surface area contributed by atoms with Crippen molar-refractivity contribution in [3.8, 4) is 0 Å². The number of anilines is 1. The Kier molecular flexibility index (Phi) is 8.90. The summed E-state index contributed by atoms with van der Waals surface area (Å²) in [4.78, 5) is 12.5. The number of amides is 1. The van der Waals surface area contributed by atoms with Gasteiger partial charge in [-0.25, -0.2) is 8.42 Å². The first-order valence-corrected chi connectivity index (χ1v) is 12.5. The minimum atomic E-state index is -3.43. The average Bonchev–Trinajstić information content (AvgIpc) is 2.72. The van der Waals surface area contributed by atoms with Gasteiger partial charge in [0.05, 0.1) is 18.5 Å². The number of aryl methyl sites for hydroxylation is 1. The van der Waals surface area contributed by atoms with Crippen LogP contribution in [-0.2, 0) is 16.6 Å². The molecule has 0 aliphatic carbocycles. The number of hydrogen-bond acceptors (Lipinski definition) is 3. The highest BCUT2D eigenvalue weighted by Gasteiger charge is 2.18. The molecular formula is C24H34N2O3S. The molecule has 0 saturated carbocycles. The Morgan fingerprint density at radius 1 is 1.03 bits per heavy atom. The van der Waals surface area contributed by atoms with Crippen molar-refractivity contribution in [2.24, 2.45) is 5.92 Å². The van der Waals surface area contributed by atoms with E-state index in [1.165, 1.54) is 23.4 Å². The number of nitrogens with one attached hydrogen (secondary N) is 1. The fourth-order valence-electron chi connectivity index (χ4n) is 3.32. The number of sulfonamides is 1. The summed E-state index contributed by atoms with van der Waals surface area (Å²) in [7, 11) is -3.43. The zero-order chi connectivity index (χ0) is 22.1. The maximum absolute atomic E-state index is 12.5. The highest BCUT2D eigenvalue weighted by molar-refractivity contribution is 7.92. The molecule has 30 heavy (non-hydrogen) atoms. The van der Waals surface area contributed by atoms with E-state index in [-0.39, 0.29) is 12.5 Å². The minimum absolute atomic E-state index is 0.0880. The summed E-state index contributed by atoms with van der Waals surface area (Å²) in [5.74, 6) is 0.418. The molecule has 164 valence electrons. The van der Waals surface area contributed by atoms with E-state index in [9.17, 15) is 13.2 Å². The third-order valence-corrected chi connectivity index (χ3v) is 6.50. The van der Waals surface area contributed by atoms with Gasteiger partial charge < -0.3 is 5.32 Å². The van der Waals surface area contributed by atoms with Gasteiger partial charge in [-0.1, -0.05) is 62.9 Å². The Bertz CT molecular complexity index is 906. The first kappa shape index (κ1) is 23.9. The fraction of sp³-hybridized carbons (Fsp3) is 0.458. The highest BCUT2D eigenvalue weighted by atomic mass is 32.2. The van der Waals surface area contributed by atoms with Crippen molar-refractivity contribution in [1.29, 1.82) is 0 Å². The van der Waals surface area contributed by atoms with E-state index in [1.807, 2.05) is 31.2 Å². The highest BCUT2D eigenvalue weighted by Crippen LogP contribution is 2.21. The van der Waals surface area contributed by atoms with E-state index in [0.717, 1.165) is 24.0 Å². The molecule has 5 nitrogen and oxygen atoms in total. The Balaban J connectivity index is 2.04. The molecule has 0 aromatic heterocycles. The third-order valence-electron chi connectivity index (χ3n) is 5.36. The molecule has 1 atom stereocenters. The summed E-state index contributed by atoms with van der Waals surface area (Å²) < 4.78 is 26.0. The molecule has 0 heterocycles. The van der Waals surface area contributed by atoms with Crippen molar-refractivity contribution < 1.29 is 13.2 Å². The number of unbranched alkanes of at least 4 members (excludes halogenated alkanes) is 1. The van der Waals surface area contributed by atoms with Crippen molar-refractivity contribution in [1.82, 2.24) is 5.32 Å². The predicted molar refractivity (Wildman–Crippen MR) is 124 cm³/mol. The van der Waals surface area contributed by atoms with E-state index in [4.69, 9.17) is 0 Å². The summed E-state index contributed by atoms with van der Waals surface area (Å²) in [6.45, 7) is 7.20. The van der Waals surface area contributed by atoms with Crippen molar-refractivity contribution >= 4 is 21.6 Å². The molecule has 2 rings (SSSR count). The lowest BCUT2D eigenvalue weighted by Crippen LogP contribution is -2.30. The van der Waals surface area contributed by atoms with Crippen LogP contribution in [-0.4, -0.2) is 27.1 Å². The molecule has 0 spiro atoms. The zero-order valence-electron chi connectivity index (χ0n) is 18.5. The number of rotatable bonds is 11. The van der Waals surface area contributed by atoms with Gasteiger partial charge in [-0.2, -0.15) is 0 Å². The van der Waals surface area contributed by atoms with E-state index >= 15 is 0 Å². The van der Waals surface area contributed by atoms with Gasteiger partial charge in [-0.05, 0) is 49.1 Å². The van der Waals surface area contributed by atoms with Gasteiger partial charge in [0, 0.05) is 12.1 Å². The van der Waals surface area contributed by atoms with Crippen LogP contribution in [0.2, 0.25) is 0 Å². The summed E-state index contributed by atoms with van der Waals surface area (Å²) in [5, 5.41) is 3.03. The van der Waals surface area contributed by atoms with Gasteiger partial charge in [0.15, 0.2) is 0 Å². The van der Waals surface area contributed by atoms with Gasteiger partial charge in [-0.3, -0.25) is 9.10 Å². The molecule has 0 aliphatic rings. The molecular weight excluding hydrogens is 396 g/mol. The maximum atomic E-state index is 12.5. The third kappa shape index (κ3) is 7.17. The lowest BCUT2D eigenvalue weighted by atomic mass is 9.99. The predicted octanol–water partition coefficient (Wildman–Crippen LogP) is 4.91. The first-order valence-electron chi connectivity index (χ1n) is 10.7. The number of carbonyl (C=O) groups is 1. The quantitative estimate of drug-likeness (QED) is 0.551. The van der Waals surface area contributed by atoms with Crippen LogP contribution in [0.15, 0.2) is 48.5 Å². The molecule has 1 amide bonds. The smallest absolute Gasteiger partial charge is 0.251 e. The van der Waals surface area contributed by atoms with Crippen molar-refractivity contribution in [3.05, 3.63) is 65.2 Å². The topological polar surface area (TPSA) is 66.5 Å². The standard InChI is InChI=1S/C24H34N2O3S/c1-5-7-8-20(6-2)17-25-24(27)22-13-11-21(12-14-22)18-26(30(4,28)29)23-15-9-19(3)10-16-23/h9-16,20H,5-8,17-18H2,1-4H3,(H,25,27)/t20-/m1/s1. The minimum Gasteiger partial charge on any atom is -0.352 e. The zero-order valence-corrected chi connectivity index (χ0v) is 19.3. The van der Waals surface area contributed by atoms with E-state index < -0.39 is 10.0 Å². The number of carbonyl (C=O) groups excluding carboxylic acids is 1. The van der Waals surface area contributed by atoms with Crippen LogP contribution in [0.5, 0.6) is 0 Å². The lowest BCUT2D eigenvalue weighted by Gasteiger charge is -2.23. The summed E-state index contributed by atoms with van der Waals surface area (Å²) in [6, 6.07) is 14.5. The molecule has 0 radical (unpaired) electrons. The Hall–Kier alpha value is -2.34. The Morgan fingerprint density at radius 3 is 2.20 bits per heavy atom. The van der Waals surface area contributed by atoms with Gasteiger partial charge in [0.25, 0.3) is 5.91 Å². The van der Waals surface area contributed by atoms with Crippen LogP contribution in [0.3, 0.4) is 0 Å². The average molecular weight is 431 g/mol. The molecule has 0 saturated heterocycles. The lowest BCUT2D eigenvalue weighted by molar-refractivity contribution is 0.0946. The summed E-state index contributed by atoms with van der Waals surface area (Å²) >= 11 is 0. The molecule has 0 unspecified atom stereocenters. The summed E-state index contributed by atoms with van der Waals surface area (Å²) in [6.07, 6.45) is 5.74. The molecule has 6 heteroatoms. The molecule has 2 aromatic carbocycles. The Morgan fingerprint density at radius 2 is 1.67 bits per heavy atom. The number of benzene rings is 2. The van der Waals surface area contributed by atoms with E-state index in [1.54, 1.807) is 24.3 Å². The number of nitrogens with zero attached hydrogens (tertiary/aromatic N) is 1. The fourth-order valence-corrected chi connectivity index (χ4v) is 4.21. The largest absolute Gasteiger partial charge is 0.352 e. The molecule has 0 bridgehead atoms. The molecule has 1 N–H and O–H groups in total.